The van der Waals surface area contributed by atoms with E-state index in [4.69, 9.17) is 9.47 Å². The molecule has 3 rings (SSSR count). The van der Waals surface area contributed by atoms with Crippen LogP contribution in [-0.4, -0.2) is 11.5 Å². The van der Waals surface area contributed by atoms with Crippen molar-refractivity contribution in [2.24, 2.45) is 0 Å². The number of rotatable bonds is 9. The molecule has 0 amide bonds. The SMILES string of the molecule is C=CCOc1cc(C)cc(Oc2ccc(CNc3cccc([N+](=O)[O-])c3C)cc2)c1. The maximum absolute atomic E-state index is 11.1. The number of hydrogen-bond acceptors (Lipinski definition) is 5. The summed E-state index contributed by atoms with van der Waals surface area (Å²) >= 11 is 0. The van der Waals surface area contributed by atoms with Crippen molar-refractivity contribution in [2.75, 3.05) is 11.9 Å². The first kappa shape index (κ1) is 20.9. The van der Waals surface area contributed by atoms with Gasteiger partial charge >= 0.3 is 0 Å². The van der Waals surface area contributed by atoms with Crippen molar-refractivity contribution in [2.45, 2.75) is 20.4 Å². The van der Waals surface area contributed by atoms with Crippen LogP contribution in [-0.2, 0) is 6.54 Å². The number of nitro groups is 1. The van der Waals surface area contributed by atoms with E-state index >= 15 is 0 Å². The molecule has 0 fully saturated rings. The van der Waals surface area contributed by atoms with E-state index in [9.17, 15) is 10.1 Å². The molecule has 0 aliphatic carbocycles. The molecule has 0 saturated carbocycles. The summed E-state index contributed by atoms with van der Waals surface area (Å²) < 4.78 is 11.5. The van der Waals surface area contributed by atoms with E-state index < -0.39 is 0 Å². The number of nitrogens with zero attached hydrogens (tertiary/aromatic N) is 1. The van der Waals surface area contributed by atoms with Gasteiger partial charge in [-0.05, 0) is 55.3 Å². The number of aryl methyl sites for hydroxylation is 1. The molecule has 0 radical (unpaired) electrons. The molecular weight excluding hydrogens is 380 g/mol. The highest BCUT2D eigenvalue weighted by atomic mass is 16.6. The summed E-state index contributed by atoms with van der Waals surface area (Å²) in [4.78, 5) is 10.7. The van der Waals surface area contributed by atoms with Crippen LogP contribution >= 0.6 is 0 Å². The predicted molar refractivity (Wildman–Crippen MR) is 119 cm³/mol. The van der Waals surface area contributed by atoms with Crippen molar-refractivity contribution < 1.29 is 14.4 Å². The molecular formula is C24H24N2O4. The highest BCUT2D eigenvalue weighted by Gasteiger charge is 2.12. The van der Waals surface area contributed by atoms with Crippen molar-refractivity contribution in [3.05, 3.63) is 100 Å². The van der Waals surface area contributed by atoms with E-state index in [0.29, 0.717) is 30.2 Å². The molecule has 0 unspecified atom stereocenters. The van der Waals surface area contributed by atoms with Gasteiger partial charge in [-0.2, -0.15) is 0 Å². The van der Waals surface area contributed by atoms with Gasteiger partial charge in [0.1, 0.15) is 23.9 Å². The zero-order chi connectivity index (χ0) is 21.5. The van der Waals surface area contributed by atoms with E-state index in [2.05, 4.69) is 11.9 Å². The van der Waals surface area contributed by atoms with Crippen LogP contribution in [0.2, 0.25) is 0 Å². The van der Waals surface area contributed by atoms with Crippen molar-refractivity contribution >= 4 is 11.4 Å². The van der Waals surface area contributed by atoms with Crippen LogP contribution in [0, 0.1) is 24.0 Å². The van der Waals surface area contributed by atoms with Gasteiger partial charge in [0.25, 0.3) is 5.69 Å². The Morgan fingerprint density at radius 3 is 2.47 bits per heavy atom. The summed E-state index contributed by atoms with van der Waals surface area (Å²) in [5.74, 6) is 2.15. The number of hydrogen-bond donors (Lipinski definition) is 1. The summed E-state index contributed by atoms with van der Waals surface area (Å²) in [5.41, 5.74) is 3.55. The molecule has 0 saturated heterocycles. The Balaban J connectivity index is 1.65. The minimum Gasteiger partial charge on any atom is -0.489 e. The van der Waals surface area contributed by atoms with Gasteiger partial charge in [0.2, 0.25) is 0 Å². The largest absolute Gasteiger partial charge is 0.489 e. The summed E-state index contributed by atoms with van der Waals surface area (Å²) in [7, 11) is 0. The molecule has 3 aromatic carbocycles. The van der Waals surface area contributed by atoms with Crippen molar-refractivity contribution in [1.82, 2.24) is 0 Å². The maximum atomic E-state index is 11.1. The molecule has 0 aromatic heterocycles. The molecule has 0 aliphatic rings. The average molecular weight is 404 g/mol. The van der Waals surface area contributed by atoms with Gasteiger partial charge in [-0.25, -0.2) is 0 Å². The number of nitrogens with one attached hydrogen (secondary N) is 1. The molecule has 154 valence electrons. The van der Waals surface area contributed by atoms with Crippen molar-refractivity contribution in [3.63, 3.8) is 0 Å². The zero-order valence-electron chi connectivity index (χ0n) is 17.1. The van der Waals surface area contributed by atoms with E-state index in [1.54, 1.807) is 19.1 Å². The molecule has 30 heavy (non-hydrogen) atoms. The van der Waals surface area contributed by atoms with Gasteiger partial charge < -0.3 is 14.8 Å². The molecule has 0 atom stereocenters. The number of ether oxygens (including phenoxy) is 2. The minimum absolute atomic E-state index is 0.110. The van der Waals surface area contributed by atoms with Crippen LogP contribution in [0.5, 0.6) is 17.2 Å². The highest BCUT2D eigenvalue weighted by Crippen LogP contribution is 2.28. The quantitative estimate of drug-likeness (QED) is 0.262. The fraction of sp³-hybridized carbons (Fsp3) is 0.167. The molecule has 0 heterocycles. The smallest absolute Gasteiger partial charge is 0.274 e. The summed E-state index contributed by atoms with van der Waals surface area (Å²) in [6, 6.07) is 18.5. The van der Waals surface area contributed by atoms with Gasteiger partial charge in [0, 0.05) is 29.9 Å². The number of anilines is 1. The van der Waals surface area contributed by atoms with Crippen molar-refractivity contribution in [3.8, 4) is 17.2 Å². The Labute approximate surface area is 175 Å². The molecule has 1 N–H and O–H groups in total. The Kier molecular flexibility index (Phi) is 6.70. The van der Waals surface area contributed by atoms with Crippen LogP contribution in [0.1, 0.15) is 16.7 Å². The van der Waals surface area contributed by atoms with Gasteiger partial charge in [0.15, 0.2) is 0 Å². The molecule has 3 aromatic rings. The van der Waals surface area contributed by atoms with E-state index in [-0.39, 0.29) is 10.6 Å². The fourth-order valence-corrected chi connectivity index (χ4v) is 3.03. The predicted octanol–water partition coefficient (Wildman–Crippen LogP) is 6.18. The van der Waals surface area contributed by atoms with Crippen LogP contribution < -0.4 is 14.8 Å². The lowest BCUT2D eigenvalue weighted by Gasteiger charge is -2.12. The van der Waals surface area contributed by atoms with E-state index in [0.717, 1.165) is 22.6 Å². The number of nitro benzene ring substituents is 1. The number of benzene rings is 3. The van der Waals surface area contributed by atoms with Gasteiger partial charge in [-0.15, -0.1) is 0 Å². The Morgan fingerprint density at radius 2 is 1.77 bits per heavy atom. The molecule has 0 aliphatic heterocycles. The zero-order valence-corrected chi connectivity index (χ0v) is 17.1. The first-order valence-electron chi connectivity index (χ1n) is 9.56. The monoisotopic (exact) mass is 404 g/mol. The van der Waals surface area contributed by atoms with E-state index in [1.165, 1.54) is 6.07 Å². The highest BCUT2D eigenvalue weighted by molar-refractivity contribution is 5.59. The summed E-state index contributed by atoms with van der Waals surface area (Å²) in [5, 5.41) is 14.3. The second-order valence-electron chi connectivity index (χ2n) is 6.89. The molecule has 6 heteroatoms. The molecule has 6 nitrogen and oxygen atoms in total. The Morgan fingerprint density at radius 1 is 1.03 bits per heavy atom. The third-order valence-corrected chi connectivity index (χ3v) is 4.54. The van der Waals surface area contributed by atoms with Crippen LogP contribution in [0.15, 0.2) is 73.3 Å². The Hall–Kier alpha value is -3.80. The fourth-order valence-electron chi connectivity index (χ4n) is 3.03. The average Bonchev–Trinajstić information content (AvgIpc) is 2.72. The second-order valence-corrected chi connectivity index (χ2v) is 6.89. The second kappa shape index (κ2) is 9.60. The minimum atomic E-state index is -0.369. The van der Waals surface area contributed by atoms with Crippen LogP contribution in [0.3, 0.4) is 0 Å². The van der Waals surface area contributed by atoms with Gasteiger partial charge in [-0.1, -0.05) is 30.9 Å². The van der Waals surface area contributed by atoms with Gasteiger partial charge in [0.05, 0.1) is 4.92 Å². The topological polar surface area (TPSA) is 73.6 Å². The molecule has 0 spiro atoms. The van der Waals surface area contributed by atoms with E-state index in [1.807, 2.05) is 55.5 Å². The Bertz CT molecular complexity index is 1050. The lowest BCUT2D eigenvalue weighted by Crippen LogP contribution is -2.02. The van der Waals surface area contributed by atoms with Crippen molar-refractivity contribution in [1.29, 1.82) is 0 Å². The standard InChI is InChI=1S/C24H24N2O4/c1-4-12-29-21-13-17(2)14-22(15-21)30-20-10-8-19(9-11-20)16-25-23-6-5-7-24(18(23)3)26(27)28/h4-11,13-15,25H,1,12,16H2,2-3H3. The van der Waals surface area contributed by atoms with Gasteiger partial charge in [-0.3, -0.25) is 10.1 Å². The first-order chi connectivity index (χ1) is 14.5. The first-order valence-corrected chi connectivity index (χ1v) is 9.56. The third kappa shape index (κ3) is 5.38. The lowest BCUT2D eigenvalue weighted by atomic mass is 10.1. The van der Waals surface area contributed by atoms with Crippen LogP contribution in [0.4, 0.5) is 11.4 Å². The summed E-state index contributed by atoms with van der Waals surface area (Å²) in [6.07, 6.45) is 1.70. The lowest BCUT2D eigenvalue weighted by molar-refractivity contribution is -0.385. The normalized spacial score (nSPS) is 10.3. The third-order valence-electron chi connectivity index (χ3n) is 4.54. The maximum Gasteiger partial charge on any atom is 0.274 e. The van der Waals surface area contributed by atoms with Crippen LogP contribution in [0.25, 0.3) is 0 Å². The molecule has 0 bridgehead atoms. The summed E-state index contributed by atoms with van der Waals surface area (Å²) in [6.45, 7) is 8.37.